The summed E-state index contributed by atoms with van der Waals surface area (Å²) in [6.07, 6.45) is 0. The number of benzene rings is 2. The Kier molecular flexibility index (Phi) is 7.67. The zero-order valence-corrected chi connectivity index (χ0v) is 18.5. The topological polar surface area (TPSA) is 74.6 Å². The molecule has 3 rings (SSSR count). The second-order valence-electron chi connectivity index (χ2n) is 7.19. The van der Waals surface area contributed by atoms with Crippen LogP contribution in [0.2, 0.25) is 0 Å². The fourth-order valence-corrected chi connectivity index (χ4v) is 3.32. The number of ether oxygens (including phenoxy) is 3. The van der Waals surface area contributed by atoms with Crippen molar-refractivity contribution in [1.82, 2.24) is 15.1 Å². The van der Waals surface area contributed by atoms with Gasteiger partial charge in [0.25, 0.3) is 5.91 Å². The molecule has 0 unspecified atom stereocenters. The van der Waals surface area contributed by atoms with E-state index < -0.39 is 0 Å². The van der Waals surface area contributed by atoms with E-state index in [1.165, 1.54) is 0 Å². The van der Waals surface area contributed by atoms with Gasteiger partial charge in [0.05, 0.1) is 26.0 Å². The van der Waals surface area contributed by atoms with Crippen LogP contribution in [0.15, 0.2) is 48.5 Å². The lowest BCUT2D eigenvalue weighted by Crippen LogP contribution is -2.23. The molecule has 1 N–H and O–H groups in total. The Morgan fingerprint density at radius 3 is 2.55 bits per heavy atom. The zero-order valence-electron chi connectivity index (χ0n) is 18.5. The third-order valence-corrected chi connectivity index (χ3v) is 5.13. The average molecular weight is 424 g/mol. The highest BCUT2D eigenvalue weighted by Gasteiger charge is 2.15. The van der Waals surface area contributed by atoms with Crippen LogP contribution >= 0.6 is 0 Å². The second-order valence-corrected chi connectivity index (χ2v) is 7.19. The summed E-state index contributed by atoms with van der Waals surface area (Å²) in [4.78, 5) is 12.7. The number of nitrogens with one attached hydrogen (secondary N) is 1. The standard InChI is InChI=1S/C24H29N3O4/c1-17-21(18(2)27(26-17)12-13-29-3)15-25-24(28)20-10-11-22(23(14-20)30-4)31-16-19-8-6-5-7-9-19/h5-11,14H,12-13,15-16H2,1-4H3,(H,25,28). The summed E-state index contributed by atoms with van der Waals surface area (Å²) < 4.78 is 18.3. The van der Waals surface area contributed by atoms with Crippen molar-refractivity contribution in [3.05, 3.63) is 76.6 Å². The maximum Gasteiger partial charge on any atom is 0.251 e. The van der Waals surface area contributed by atoms with Crippen molar-refractivity contribution in [2.24, 2.45) is 0 Å². The number of carbonyl (C=O) groups is 1. The predicted molar refractivity (Wildman–Crippen MR) is 119 cm³/mol. The summed E-state index contributed by atoms with van der Waals surface area (Å²) in [5.41, 5.74) is 4.50. The molecule has 7 heteroatoms. The van der Waals surface area contributed by atoms with Crippen LogP contribution in [-0.4, -0.2) is 36.5 Å². The number of nitrogens with zero attached hydrogens (tertiary/aromatic N) is 2. The minimum atomic E-state index is -0.184. The van der Waals surface area contributed by atoms with Crippen LogP contribution in [0.1, 0.15) is 32.9 Å². The van der Waals surface area contributed by atoms with Crippen molar-refractivity contribution in [1.29, 1.82) is 0 Å². The summed E-state index contributed by atoms with van der Waals surface area (Å²) in [7, 11) is 3.23. The molecule has 2 aromatic carbocycles. The highest BCUT2D eigenvalue weighted by molar-refractivity contribution is 5.94. The van der Waals surface area contributed by atoms with Gasteiger partial charge in [-0.2, -0.15) is 5.10 Å². The number of hydrogen-bond donors (Lipinski definition) is 1. The van der Waals surface area contributed by atoms with E-state index in [2.05, 4.69) is 10.4 Å². The summed E-state index contributed by atoms with van der Waals surface area (Å²) in [5, 5.41) is 7.51. The number of amides is 1. The molecule has 1 heterocycles. The van der Waals surface area contributed by atoms with E-state index in [4.69, 9.17) is 14.2 Å². The molecule has 0 bridgehead atoms. The highest BCUT2D eigenvalue weighted by atomic mass is 16.5. The quantitative estimate of drug-likeness (QED) is 0.539. The maximum atomic E-state index is 12.7. The highest BCUT2D eigenvalue weighted by Crippen LogP contribution is 2.29. The van der Waals surface area contributed by atoms with Gasteiger partial charge >= 0.3 is 0 Å². The number of rotatable bonds is 10. The minimum absolute atomic E-state index is 0.184. The first-order valence-electron chi connectivity index (χ1n) is 10.2. The van der Waals surface area contributed by atoms with E-state index in [1.807, 2.05) is 48.9 Å². The SMILES string of the molecule is COCCn1nc(C)c(CNC(=O)c2ccc(OCc3ccccc3)c(OC)c2)c1C. The van der Waals surface area contributed by atoms with Gasteiger partial charge in [-0.15, -0.1) is 0 Å². The maximum absolute atomic E-state index is 12.7. The summed E-state index contributed by atoms with van der Waals surface area (Å²) >= 11 is 0. The fraction of sp³-hybridized carbons (Fsp3) is 0.333. The molecule has 1 amide bonds. The van der Waals surface area contributed by atoms with Gasteiger partial charge in [0.15, 0.2) is 11.5 Å². The molecule has 0 saturated heterocycles. The smallest absolute Gasteiger partial charge is 0.251 e. The summed E-state index contributed by atoms with van der Waals surface area (Å²) in [6.45, 7) is 6.04. The molecule has 0 radical (unpaired) electrons. The Balaban J connectivity index is 1.65. The molecular weight excluding hydrogens is 394 g/mol. The van der Waals surface area contributed by atoms with Crippen LogP contribution in [0, 0.1) is 13.8 Å². The fourth-order valence-electron chi connectivity index (χ4n) is 3.32. The van der Waals surface area contributed by atoms with Crippen LogP contribution < -0.4 is 14.8 Å². The van der Waals surface area contributed by atoms with Crippen LogP contribution in [0.4, 0.5) is 0 Å². The van der Waals surface area contributed by atoms with Crippen molar-refractivity contribution in [2.75, 3.05) is 20.8 Å². The van der Waals surface area contributed by atoms with Gasteiger partial charge in [0.1, 0.15) is 6.61 Å². The van der Waals surface area contributed by atoms with E-state index in [-0.39, 0.29) is 5.91 Å². The van der Waals surface area contributed by atoms with Crippen molar-refractivity contribution in [2.45, 2.75) is 33.5 Å². The molecule has 7 nitrogen and oxygen atoms in total. The largest absolute Gasteiger partial charge is 0.493 e. The lowest BCUT2D eigenvalue weighted by Gasteiger charge is -2.13. The van der Waals surface area contributed by atoms with Crippen molar-refractivity contribution in [3.8, 4) is 11.5 Å². The first kappa shape index (κ1) is 22.4. The summed E-state index contributed by atoms with van der Waals surface area (Å²) in [6, 6.07) is 15.1. The predicted octanol–water partition coefficient (Wildman–Crippen LogP) is 3.66. The third kappa shape index (κ3) is 5.64. The van der Waals surface area contributed by atoms with Gasteiger partial charge in [0, 0.05) is 30.5 Å². The van der Waals surface area contributed by atoms with Crippen molar-refractivity contribution in [3.63, 3.8) is 0 Å². The van der Waals surface area contributed by atoms with Gasteiger partial charge in [-0.25, -0.2) is 0 Å². The van der Waals surface area contributed by atoms with Gasteiger partial charge in [-0.05, 0) is 37.6 Å². The first-order chi connectivity index (χ1) is 15.0. The molecule has 1 aromatic heterocycles. The molecule has 0 aliphatic rings. The van der Waals surface area contributed by atoms with E-state index in [0.717, 1.165) is 22.5 Å². The lowest BCUT2D eigenvalue weighted by molar-refractivity contribution is 0.0950. The Morgan fingerprint density at radius 2 is 1.84 bits per heavy atom. The molecule has 0 saturated carbocycles. The summed E-state index contributed by atoms with van der Waals surface area (Å²) in [5.74, 6) is 0.925. The normalized spacial score (nSPS) is 10.7. The monoisotopic (exact) mass is 423 g/mol. The second kappa shape index (κ2) is 10.6. The third-order valence-electron chi connectivity index (χ3n) is 5.13. The lowest BCUT2D eigenvalue weighted by atomic mass is 10.1. The van der Waals surface area contributed by atoms with E-state index in [0.29, 0.717) is 43.4 Å². The molecule has 0 spiro atoms. The van der Waals surface area contributed by atoms with E-state index >= 15 is 0 Å². The molecule has 3 aromatic rings. The first-order valence-corrected chi connectivity index (χ1v) is 10.2. The molecule has 0 atom stereocenters. The van der Waals surface area contributed by atoms with E-state index in [9.17, 15) is 4.79 Å². The molecular formula is C24H29N3O4. The number of aromatic nitrogens is 2. The Morgan fingerprint density at radius 1 is 1.06 bits per heavy atom. The average Bonchev–Trinajstić information content (AvgIpc) is 3.07. The molecule has 0 aliphatic heterocycles. The minimum Gasteiger partial charge on any atom is -0.493 e. The van der Waals surface area contributed by atoms with Gasteiger partial charge < -0.3 is 19.5 Å². The van der Waals surface area contributed by atoms with Crippen LogP contribution in [0.5, 0.6) is 11.5 Å². The van der Waals surface area contributed by atoms with Crippen LogP contribution in [0.25, 0.3) is 0 Å². The van der Waals surface area contributed by atoms with Crippen molar-refractivity contribution < 1.29 is 19.0 Å². The number of hydrogen-bond acceptors (Lipinski definition) is 5. The molecule has 0 fully saturated rings. The molecule has 164 valence electrons. The Labute approximate surface area is 182 Å². The zero-order chi connectivity index (χ0) is 22.2. The Bertz CT molecular complexity index is 1020. The van der Waals surface area contributed by atoms with Gasteiger partial charge in [-0.1, -0.05) is 30.3 Å². The van der Waals surface area contributed by atoms with Crippen molar-refractivity contribution >= 4 is 5.91 Å². The van der Waals surface area contributed by atoms with Gasteiger partial charge in [0.2, 0.25) is 0 Å². The number of methoxy groups -OCH3 is 2. The van der Waals surface area contributed by atoms with Gasteiger partial charge in [-0.3, -0.25) is 9.48 Å². The Hall–Kier alpha value is -3.32. The number of carbonyl (C=O) groups excluding carboxylic acids is 1. The van der Waals surface area contributed by atoms with E-state index in [1.54, 1.807) is 32.4 Å². The molecule has 0 aliphatic carbocycles. The number of aryl methyl sites for hydroxylation is 1. The van der Waals surface area contributed by atoms with Crippen LogP contribution in [-0.2, 0) is 24.4 Å². The van der Waals surface area contributed by atoms with Crippen LogP contribution in [0.3, 0.4) is 0 Å². The molecule has 31 heavy (non-hydrogen) atoms.